The van der Waals surface area contributed by atoms with Crippen molar-refractivity contribution in [3.8, 4) is 0 Å². The lowest BCUT2D eigenvalue weighted by Gasteiger charge is -2.46. The van der Waals surface area contributed by atoms with Crippen molar-refractivity contribution in [2.45, 2.75) is 12.1 Å². The second-order valence-electron chi connectivity index (χ2n) is 8.38. The van der Waals surface area contributed by atoms with Crippen molar-refractivity contribution in [2.75, 3.05) is 50.7 Å². The second kappa shape index (κ2) is 9.73. The molecular weight excluding hydrogens is 501 g/mol. The third-order valence-corrected chi connectivity index (χ3v) is 5.69. The van der Waals surface area contributed by atoms with Gasteiger partial charge in [0.2, 0.25) is 0 Å². The van der Waals surface area contributed by atoms with E-state index in [9.17, 15) is 22.0 Å². The summed E-state index contributed by atoms with van der Waals surface area (Å²) in [6.45, 7) is -1.94. The van der Waals surface area contributed by atoms with Crippen LogP contribution in [0.3, 0.4) is 0 Å². The molecule has 30 heavy (non-hydrogen) atoms. The first-order valence-corrected chi connectivity index (χ1v) is 13.5. The molecule has 0 aliphatic rings. The topological polar surface area (TPSA) is 92.5 Å². The van der Waals surface area contributed by atoms with Crippen LogP contribution in [0.1, 0.15) is 5.82 Å². The van der Waals surface area contributed by atoms with Crippen LogP contribution in [-0.4, -0.2) is 84.6 Å². The van der Waals surface area contributed by atoms with Crippen LogP contribution in [0.4, 0.5) is 22.0 Å². The van der Waals surface area contributed by atoms with Gasteiger partial charge in [-0.2, -0.15) is 26.9 Å². The van der Waals surface area contributed by atoms with Gasteiger partial charge in [-0.15, -0.1) is 0 Å². The van der Waals surface area contributed by atoms with E-state index in [0.717, 1.165) is 5.75 Å². The Morgan fingerprint density at radius 2 is 1.73 bits per heavy atom. The van der Waals surface area contributed by atoms with Crippen molar-refractivity contribution in [1.29, 1.82) is 5.41 Å². The van der Waals surface area contributed by atoms with Crippen molar-refractivity contribution in [3.63, 3.8) is 0 Å². The molecule has 0 saturated heterocycles. The van der Waals surface area contributed by atoms with E-state index in [-0.39, 0.29) is 12.6 Å². The second-order valence-corrected chi connectivity index (χ2v) is 17.6. The first-order valence-electron chi connectivity index (χ1n) is 8.50. The fourth-order valence-electron chi connectivity index (χ4n) is 1.56. The molecule has 7 nitrogen and oxygen atoms in total. The Hall–Kier alpha value is -1.54. The largest absolute Gasteiger partial charge is 0.458 e. The predicted octanol–water partition coefficient (Wildman–Crippen LogP) is 3.29. The zero-order valence-electron chi connectivity index (χ0n) is 16.9. The highest BCUT2D eigenvalue weighted by molar-refractivity contribution is 9.10. The number of alkyl halides is 5. The van der Waals surface area contributed by atoms with Gasteiger partial charge in [0.05, 0.1) is 11.1 Å². The van der Waals surface area contributed by atoms with Gasteiger partial charge < -0.3 is 14.8 Å². The molecule has 2 N–H and O–H groups in total. The van der Waals surface area contributed by atoms with E-state index in [0.29, 0.717) is 11.1 Å². The van der Waals surface area contributed by atoms with Gasteiger partial charge in [0, 0.05) is 12.4 Å². The highest BCUT2D eigenvalue weighted by atomic mass is 79.9. The van der Waals surface area contributed by atoms with Crippen LogP contribution < -0.4 is 5.32 Å². The van der Waals surface area contributed by atoms with Gasteiger partial charge in [0.1, 0.15) is 6.73 Å². The van der Waals surface area contributed by atoms with E-state index in [1.807, 2.05) is 0 Å². The smallest absolute Gasteiger partial charge is 0.456 e. The zero-order chi connectivity index (χ0) is 23.2. The Labute approximate surface area is 179 Å². The summed E-state index contributed by atoms with van der Waals surface area (Å²) in [5.74, 6) is -5.11. The van der Waals surface area contributed by atoms with E-state index >= 15 is 0 Å². The first-order chi connectivity index (χ1) is 13.5. The minimum absolute atomic E-state index is 0.184. The average molecular weight is 526 g/mol. The summed E-state index contributed by atoms with van der Waals surface area (Å²) < 4.78 is 73.8. The maximum Gasteiger partial charge on any atom is 0.456 e. The lowest BCUT2D eigenvalue weighted by atomic mass is 10.3. The van der Waals surface area contributed by atoms with Crippen LogP contribution in [0.2, 0.25) is 0 Å². The number of nitrogens with zero attached hydrogens (tertiary/aromatic N) is 3. The molecule has 0 unspecified atom stereocenters. The summed E-state index contributed by atoms with van der Waals surface area (Å²) in [5, 5.41) is 10.2. The van der Waals surface area contributed by atoms with E-state index in [1.54, 1.807) is 0 Å². The number of hydrogen-bond donors (Lipinski definition) is 3. The summed E-state index contributed by atoms with van der Waals surface area (Å²) in [6, 6.07) is -0.742. The normalized spacial score (nSPS) is 14.7. The van der Waals surface area contributed by atoms with Gasteiger partial charge in [-0.3, -0.25) is 14.6 Å². The van der Waals surface area contributed by atoms with Crippen molar-refractivity contribution < 1.29 is 31.4 Å². The van der Waals surface area contributed by atoms with Gasteiger partial charge in [0.25, 0.3) is 6.02 Å². The summed E-state index contributed by atoms with van der Waals surface area (Å²) >= 11 is 3.11. The number of thiol groups is 1. The van der Waals surface area contributed by atoms with Crippen LogP contribution in [0.25, 0.3) is 0 Å². The molecule has 0 atom stereocenters. The Morgan fingerprint density at radius 1 is 1.17 bits per heavy atom. The zero-order valence-corrected chi connectivity index (χ0v) is 19.3. The molecule has 0 fully saturated rings. The third-order valence-electron chi connectivity index (χ3n) is 3.31. The van der Waals surface area contributed by atoms with E-state index < -0.39 is 39.7 Å². The number of aromatic nitrogens is 2. The van der Waals surface area contributed by atoms with E-state index in [4.69, 9.17) is 10.1 Å². The Kier molecular flexibility index (Phi) is 8.59. The van der Waals surface area contributed by atoms with E-state index in [2.05, 4.69) is 66.0 Å². The van der Waals surface area contributed by atoms with Gasteiger partial charge in [0.15, 0.2) is 18.3 Å². The number of rotatable bonds is 8. The molecular formula is C16H25BrF5N5O2S. The van der Waals surface area contributed by atoms with Crippen LogP contribution in [-0.2, 0) is 9.47 Å². The standard InChI is InChI=1S/C16H25BrF5N5O2S/c1-30(2,3,4)6-5-28-10-26-14(29-9-15(18,19)16(20,21)22)27-12(23)13-24-7-11(17)8-25-13/h7-8,30H,5-6,9-10H2,1-4H3,(H2,23,26,27). The average Bonchev–Trinajstić information content (AvgIpc) is 2.57. The SMILES string of the molecule is C[SH](C)(C)(C)CCOCN/C(=N\C(=N)c1ncc(Br)cn1)OCC(F)(F)C(F)(F)F. The third kappa shape index (κ3) is 9.98. The highest BCUT2D eigenvalue weighted by Gasteiger charge is 2.58. The van der Waals surface area contributed by atoms with Crippen LogP contribution in [0.15, 0.2) is 21.9 Å². The molecule has 0 aliphatic heterocycles. The first kappa shape index (κ1) is 26.5. The minimum Gasteiger partial charge on any atom is -0.458 e. The van der Waals surface area contributed by atoms with Crippen LogP contribution >= 0.6 is 25.1 Å². The van der Waals surface area contributed by atoms with Gasteiger partial charge in [-0.05, 0) is 46.7 Å². The number of hydrogen-bond acceptors (Lipinski definition) is 5. The minimum atomic E-state index is -5.79. The molecule has 0 aliphatic carbocycles. The lowest BCUT2D eigenvalue weighted by Crippen LogP contribution is -2.43. The van der Waals surface area contributed by atoms with Gasteiger partial charge in [-0.1, -0.05) is 0 Å². The van der Waals surface area contributed by atoms with Gasteiger partial charge in [-0.25, -0.2) is 9.97 Å². The molecule has 174 valence electrons. The predicted molar refractivity (Wildman–Crippen MR) is 112 cm³/mol. The molecule has 0 radical (unpaired) electrons. The number of ether oxygens (including phenoxy) is 2. The van der Waals surface area contributed by atoms with Gasteiger partial charge >= 0.3 is 12.1 Å². The van der Waals surface area contributed by atoms with Crippen molar-refractivity contribution >= 4 is 36.9 Å². The summed E-state index contributed by atoms with van der Waals surface area (Å²) in [7, 11) is -1.82. The highest BCUT2D eigenvalue weighted by Crippen LogP contribution is 2.54. The Bertz CT molecular complexity index is 757. The molecule has 0 bridgehead atoms. The molecule has 0 amide bonds. The van der Waals surface area contributed by atoms with Crippen molar-refractivity contribution in [2.24, 2.45) is 4.99 Å². The summed E-state index contributed by atoms with van der Waals surface area (Å²) in [5.41, 5.74) is 0. The van der Waals surface area contributed by atoms with Crippen LogP contribution in [0.5, 0.6) is 0 Å². The van der Waals surface area contributed by atoms with Crippen molar-refractivity contribution in [3.05, 3.63) is 22.7 Å². The van der Waals surface area contributed by atoms with Crippen LogP contribution in [0, 0.1) is 5.41 Å². The Balaban J connectivity index is 2.82. The molecule has 1 aromatic heterocycles. The fraction of sp³-hybridized carbons (Fsp3) is 0.625. The van der Waals surface area contributed by atoms with Crippen molar-refractivity contribution in [1.82, 2.24) is 15.3 Å². The molecule has 0 saturated carbocycles. The molecule has 1 rings (SSSR count). The van der Waals surface area contributed by atoms with E-state index in [1.165, 1.54) is 12.4 Å². The molecule has 0 spiro atoms. The number of halogens is 6. The Morgan fingerprint density at radius 3 is 2.23 bits per heavy atom. The maximum atomic E-state index is 13.2. The molecule has 14 heteroatoms. The summed E-state index contributed by atoms with van der Waals surface area (Å²) in [4.78, 5) is 11.2. The summed E-state index contributed by atoms with van der Waals surface area (Å²) in [6.07, 6.45) is 5.39. The number of nitrogens with one attached hydrogen (secondary N) is 2. The number of amidine groups is 2. The molecule has 1 heterocycles. The molecule has 1 aromatic rings. The lowest BCUT2D eigenvalue weighted by molar-refractivity contribution is -0.291. The maximum absolute atomic E-state index is 13.2. The molecule has 0 aromatic carbocycles. The quantitative estimate of drug-likeness (QED) is 0.121. The monoisotopic (exact) mass is 525 g/mol. The fourth-order valence-corrected chi connectivity index (χ4v) is 2.63. The number of aliphatic imine (C=N–C) groups is 1.